The molecule has 2 nitrogen and oxygen atoms in total. The highest BCUT2D eigenvalue weighted by atomic mass is 79.9. The molecule has 0 fully saturated rings. The number of rotatable bonds is 2. The Morgan fingerprint density at radius 3 is 2.67 bits per heavy atom. The second kappa shape index (κ2) is 5.31. The van der Waals surface area contributed by atoms with Crippen molar-refractivity contribution in [3.05, 3.63) is 63.9 Å². The SMILES string of the molecule is Cc1cccc(C(=O)Nc2ccc(Br)c(F)c2)c1. The third kappa shape index (κ3) is 2.96. The molecule has 0 bridgehead atoms. The predicted molar refractivity (Wildman–Crippen MR) is 73.2 cm³/mol. The van der Waals surface area contributed by atoms with E-state index in [9.17, 15) is 9.18 Å². The van der Waals surface area contributed by atoms with Gasteiger partial charge in [0.25, 0.3) is 5.91 Å². The number of aryl methyl sites for hydroxylation is 1. The van der Waals surface area contributed by atoms with Gasteiger partial charge in [-0.2, -0.15) is 0 Å². The maximum absolute atomic E-state index is 13.3. The minimum absolute atomic E-state index is 0.250. The van der Waals surface area contributed by atoms with E-state index >= 15 is 0 Å². The lowest BCUT2D eigenvalue weighted by atomic mass is 10.1. The molecule has 0 atom stereocenters. The summed E-state index contributed by atoms with van der Waals surface area (Å²) in [7, 11) is 0. The van der Waals surface area contributed by atoms with Crippen LogP contribution in [0.4, 0.5) is 10.1 Å². The van der Waals surface area contributed by atoms with Gasteiger partial charge in [-0.05, 0) is 53.2 Å². The van der Waals surface area contributed by atoms with Crippen molar-refractivity contribution in [3.63, 3.8) is 0 Å². The van der Waals surface area contributed by atoms with Gasteiger partial charge in [0.05, 0.1) is 4.47 Å². The molecule has 0 aliphatic rings. The molecular formula is C14H11BrFNO. The quantitative estimate of drug-likeness (QED) is 0.887. The van der Waals surface area contributed by atoms with Crippen molar-refractivity contribution in [2.75, 3.05) is 5.32 Å². The van der Waals surface area contributed by atoms with Crippen LogP contribution in [0.2, 0.25) is 0 Å². The monoisotopic (exact) mass is 307 g/mol. The van der Waals surface area contributed by atoms with Crippen molar-refractivity contribution >= 4 is 27.5 Å². The Labute approximate surface area is 113 Å². The van der Waals surface area contributed by atoms with Gasteiger partial charge in [-0.15, -0.1) is 0 Å². The summed E-state index contributed by atoms with van der Waals surface area (Å²) < 4.78 is 13.7. The summed E-state index contributed by atoms with van der Waals surface area (Å²) >= 11 is 3.06. The van der Waals surface area contributed by atoms with Crippen LogP contribution in [0.3, 0.4) is 0 Å². The zero-order chi connectivity index (χ0) is 13.1. The van der Waals surface area contributed by atoms with E-state index in [0.29, 0.717) is 15.7 Å². The molecule has 0 unspecified atom stereocenters. The van der Waals surface area contributed by atoms with Crippen LogP contribution in [0, 0.1) is 12.7 Å². The first-order valence-electron chi connectivity index (χ1n) is 5.39. The molecular weight excluding hydrogens is 297 g/mol. The molecule has 0 heterocycles. The van der Waals surface area contributed by atoms with E-state index < -0.39 is 5.82 Å². The van der Waals surface area contributed by atoms with Crippen molar-refractivity contribution in [2.45, 2.75) is 6.92 Å². The highest BCUT2D eigenvalue weighted by Gasteiger charge is 2.07. The van der Waals surface area contributed by atoms with Gasteiger partial charge in [0, 0.05) is 11.3 Å². The fourth-order valence-electron chi connectivity index (χ4n) is 1.56. The third-order valence-corrected chi connectivity index (χ3v) is 3.10. The van der Waals surface area contributed by atoms with Crippen LogP contribution >= 0.6 is 15.9 Å². The van der Waals surface area contributed by atoms with E-state index in [1.165, 1.54) is 6.07 Å². The smallest absolute Gasteiger partial charge is 0.255 e. The van der Waals surface area contributed by atoms with E-state index in [1.807, 2.05) is 19.1 Å². The molecule has 0 aliphatic carbocycles. The molecule has 0 spiro atoms. The fourth-order valence-corrected chi connectivity index (χ4v) is 1.81. The summed E-state index contributed by atoms with van der Waals surface area (Å²) in [6.07, 6.45) is 0. The highest BCUT2D eigenvalue weighted by Crippen LogP contribution is 2.19. The lowest BCUT2D eigenvalue weighted by Gasteiger charge is -2.06. The van der Waals surface area contributed by atoms with E-state index in [2.05, 4.69) is 21.2 Å². The van der Waals surface area contributed by atoms with Gasteiger partial charge >= 0.3 is 0 Å². The van der Waals surface area contributed by atoms with Crippen LogP contribution in [0.5, 0.6) is 0 Å². The maximum Gasteiger partial charge on any atom is 0.255 e. The number of carbonyl (C=O) groups excluding carboxylic acids is 1. The van der Waals surface area contributed by atoms with Gasteiger partial charge < -0.3 is 5.32 Å². The average Bonchev–Trinajstić information content (AvgIpc) is 2.34. The van der Waals surface area contributed by atoms with Crippen LogP contribution in [0.15, 0.2) is 46.9 Å². The third-order valence-electron chi connectivity index (χ3n) is 2.46. The molecule has 0 aliphatic heterocycles. The molecule has 2 rings (SSSR count). The van der Waals surface area contributed by atoms with Gasteiger partial charge in [-0.25, -0.2) is 4.39 Å². The highest BCUT2D eigenvalue weighted by molar-refractivity contribution is 9.10. The van der Waals surface area contributed by atoms with Crippen molar-refractivity contribution in [1.82, 2.24) is 0 Å². The number of amides is 1. The van der Waals surface area contributed by atoms with E-state index in [0.717, 1.165) is 5.56 Å². The Balaban J connectivity index is 2.18. The molecule has 1 N–H and O–H groups in total. The summed E-state index contributed by atoms with van der Waals surface area (Å²) in [5, 5.41) is 2.65. The van der Waals surface area contributed by atoms with Gasteiger partial charge in [-0.1, -0.05) is 17.7 Å². The summed E-state index contributed by atoms with van der Waals surface area (Å²) in [6, 6.07) is 11.7. The summed E-state index contributed by atoms with van der Waals surface area (Å²) in [6.45, 7) is 1.91. The van der Waals surface area contributed by atoms with Crippen LogP contribution < -0.4 is 5.32 Å². The molecule has 18 heavy (non-hydrogen) atoms. The van der Waals surface area contributed by atoms with Gasteiger partial charge in [-0.3, -0.25) is 4.79 Å². The molecule has 2 aromatic carbocycles. The second-order valence-corrected chi connectivity index (χ2v) is 4.81. The van der Waals surface area contributed by atoms with Crippen molar-refractivity contribution < 1.29 is 9.18 Å². The molecule has 2 aromatic rings. The normalized spacial score (nSPS) is 10.2. The molecule has 4 heteroatoms. The van der Waals surface area contributed by atoms with Gasteiger partial charge in [0.15, 0.2) is 0 Å². The lowest BCUT2D eigenvalue weighted by Crippen LogP contribution is -2.12. The van der Waals surface area contributed by atoms with Gasteiger partial charge in [0.2, 0.25) is 0 Å². The predicted octanol–water partition coefficient (Wildman–Crippen LogP) is 4.15. The van der Waals surface area contributed by atoms with Crippen molar-refractivity contribution in [2.24, 2.45) is 0 Å². The molecule has 1 amide bonds. The molecule has 92 valence electrons. The number of nitrogens with one attached hydrogen (secondary N) is 1. The Morgan fingerprint density at radius 2 is 2.00 bits per heavy atom. The summed E-state index contributed by atoms with van der Waals surface area (Å²) in [4.78, 5) is 11.9. The lowest BCUT2D eigenvalue weighted by molar-refractivity contribution is 0.102. The van der Waals surface area contributed by atoms with E-state index in [4.69, 9.17) is 0 Å². The van der Waals surface area contributed by atoms with Crippen LogP contribution in [0.25, 0.3) is 0 Å². The van der Waals surface area contributed by atoms with Crippen molar-refractivity contribution in [3.8, 4) is 0 Å². The minimum Gasteiger partial charge on any atom is -0.322 e. The number of benzene rings is 2. The standard InChI is InChI=1S/C14H11BrFNO/c1-9-3-2-4-10(7-9)14(18)17-11-5-6-12(15)13(16)8-11/h2-8H,1H3,(H,17,18). The fraction of sp³-hybridized carbons (Fsp3) is 0.0714. The number of hydrogen-bond donors (Lipinski definition) is 1. The van der Waals surface area contributed by atoms with Crippen molar-refractivity contribution in [1.29, 1.82) is 0 Å². The Hall–Kier alpha value is -1.68. The number of hydrogen-bond acceptors (Lipinski definition) is 1. The topological polar surface area (TPSA) is 29.1 Å². The van der Waals surface area contributed by atoms with E-state index in [1.54, 1.807) is 24.3 Å². The zero-order valence-electron chi connectivity index (χ0n) is 9.71. The molecule has 0 saturated carbocycles. The zero-order valence-corrected chi connectivity index (χ0v) is 11.3. The average molecular weight is 308 g/mol. The number of halogens is 2. The second-order valence-electron chi connectivity index (χ2n) is 3.95. The number of anilines is 1. The Bertz CT molecular complexity index is 598. The molecule has 0 saturated heterocycles. The summed E-state index contributed by atoms with van der Waals surface area (Å²) in [5.74, 6) is -0.655. The van der Waals surface area contributed by atoms with Crippen LogP contribution in [0.1, 0.15) is 15.9 Å². The molecule has 0 radical (unpaired) electrons. The minimum atomic E-state index is -0.406. The van der Waals surface area contributed by atoms with Crippen LogP contribution in [-0.2, 0) is 0 Å². The molecule has 0 aromatic heterocycles. The Kier molecular flexibility index (Phi) is 3.77. The number of carbonyl (C=O) groups is 1. The largest absolute Gasteiger partial charge is 0.322 e. The maximum atomic E-state index is 13.3. The first-order chi connectivity index (χ1) is 8.56. The Morgan fingerprint density at radius 1 is 1.22 bits per heavy atom. The van der Waals surface area contributed by atoms with Gasteiger partial charge in [0.1, 0.15) is 5.82 Å². The first-order valence-corrected chi connectivity index (χ1v) is 6.18. The summed E-state index contributed by atoms with van der Waals surface area (Å²) in [5.41, 5.74) is 1.99. The van der Waals surface area contributed by atoms with E-state index in [-0.39, 0.29) is 5.91 Å². The first kappa shape index (κ1) is 12.8. The van der Waals surface area contributed by atoms with Crippen LogP contribution in [-0.4, -0.2) is 5.91 Å².